The van der Waals surface area contributed by atoms with Crippen molar-refractivity contribution in [2.75, 3.05) is 19.8 Å². The highest BCUT2D eigenvalue weighted by molar-refractivity contribution is 5.93. The fraction of sp³-hybridized carbons (Fsp3) is 0.385. The first-order chi connectivity index (χ1) is 10.2. The number of amides is 1. The minimum absolute atomic E-state index is 0.0210. The third-order valence-electron chi connectivity index (χ3n) is 3.38. The average molecular weight is 289 g/mol. The standard InChI is InChI=1S/C13H15N5O3/c1-8-4-15-11(17-8)10-6-21-3-2-18(10)13(20)9-5-14-7-16-12(9)19/h4-5,7,10H,2-3,6H2,1H3,(H,15,17)(H,14,16,19)/t10-/m1/s1. The number of hydrogen-bond acceptors (Lipinski definition) is 5. The molecule has 0 radical (unpaired) electrons. The van der Waals surface area contributed by atoms with Gasteiger partial charge in [0.2, 0.25) is 0 Å². The van der Waals surface area contributed by atoms with E-state index in [1.165, 1.54) is 12.5 Å². The Balaban J connectivity index is 1.93. The Hall–Kier alpha value is -2.48. The van der Waals surface area contributed by atoms with Crippen LogP contribution in [-0.4, -0.2) is 50.5 Å². The maximum absolute atomic E-state index is 12.6. The van der Waals surface area contributed by atoms with Gasteiger partial charge in [-0.3, -0.25) is 9.59 Å². The van der Waals surface area contributed by atoms with Crippen molar-refractivity contribution in [3.63, 3.8) is 0 Å². The third-order valence-corrected chi connectivity index (χ3v) is 3.38. The first kappa shape index (κ1) is 13.5. The number of ether oxygens (including phenoxy) is 1. The lowest BCUT2D eigenvalue weighted by atomic mass is 10.1. The highest BCUT2D eigenvalue weighted by Gasteiger charge is 2.32. The lowest BCUT2D eigenvalue weighted by Crippen LogP contribution is -2.45. The van der Waals surface area contributed by atoms with E-state index in [1.54, 1.807) is 11.1 Å². The molecule has 3 rings (SSSR count). The van der Waals surface area contributed by atoms with Crippen LogP contribution >= 0.6 is 0 Å². The summed E-state index contributed by atoms with van der Waals surface area (Å²) in [6, 6.07) is -0.334. The molecule has 2 aromatic heterocycles. The van der Waals surface area contributed by atoms with Crippen molar-refractivity contribution in [1.82, 2.24) is 24.8 Å². The van der Waals surface area contributed by atoms with Crippen LogP contribution in [0.1, 0.15) is 27.9 Å². The van der Waals surface area contributed by atoms with E-state index < -0.39 is 5.56 Å². The number of hydrogen-bond donors (Lipinski definition) is 2. The Morgan fingerprint density at radius 2 is 2.33 bits per heavy atom. The molecule has 0 unspecified atom stereocenters. The Kier molecular flexibility index (Phi) is 3.53. The van der Waals surface area contributed by atoms with Gasteiger partial charge in [0.05, 0.1) is 19.5 Å². The van der Waals surface area contributed by atoms with Crippen LogP contribution in [0.5, 0.6) is 0 Å². The molecule has 0 aliphatic carbocycles. The Morgan fingerprint density at radius 1 is 1.48 bits per heavy atom. The molecule has 2 aromatic rings. The average Bonchev–Trinajstić information content (AvgIpc) is 2.93. The topological polar surface area (TPSA) is 104 Å². The molecule has 21 heavy (non-hydrogen) atoms. The summed E-state index contributed by atoms with van der Waals surface area (Å²) in [5, 5.41) is 0. The van der Waals surface area contributed by atoms with Gasteiger partial charge in [-0.15, -0.1) is 0 Å². The number of H-pyrrole nitrogens is 2. The SMILES string of the molecule is Cc1cnc([C@H]2COCCN2C(=O)c2cnc[nH]c2=O)[nH]1. The van der Waals surface area contributed by atoms with Crippen molar-refractivity contribution in [2.45, 2.75) is 13.0 Å². The predicted molar refractivity (Wildman–Crippen MR) is 72.8 cm³/mol. The highest BCUT2D eigenvalue weighted by Crippen LogP contribution is 2.23. The van der Waals surface area contributed by atoms with Gasteiger partial charge in [-0.2, -0.15) is 0 Å². The van der Waals surface area contributed by atoms with Crippen LogP contribution in [0.2, 0.25) is 0 Å². The number of carbonyl (C=O) groups excluding carboxylic acids is 1. The largest absolute Gasteiger partial charge is 0.377 e. The number of aromatic amines is 2. The van der Waals surface area contributed by atoms with Gasteiger partial charge in [0.1, 0.15) is 17.4 Å². The second-order valence-corrected chi connectivity index (χ2v) is 4.84. The second-order valence-electron chi connectivity index (χ2n) is 4.84. The molecule has 1 amide bonds. The van der Waals surface area contributed by atoms with Crippen molar-refractivity contribution >= 4 is 5.91 Å². The fourth-order valence-electron chi connectivity index (χ4n) is 2.33. The number of aromatic nitrogens is 4. The molecular formula is C13H15N5O3. The zero-order chi connectivity index (χ0) is 14.8. The third kappa shape index (κ3) is 2.57. The zero-order valence-corrected chi connectivity index (χ0v) is 11.5. The minimum Gasteiger partial charge on any atom is -0.377 e. The number of nitrogens with one attached hydrogen (secondary N) is 2. The summed E-state index contributed by atoms with van der Waals surface area (Å²) in [4.78, 5) is 39.5. The minimum atomic E-state index is -0.448. The van der Waals surface area contributed by atoms with Crippen molar-refractivity contribution in [2.24, 2.45) is 0 Å². The van der Waals surface area contributed by atoms with Gasteiger partial charge in [0, 0.05) is 24.6 Å². The molecule has 0 saturated carbocycles. The Labute approximate surface area is 120 Å². The van der Waals surface area contributed by atoms with Gasteiger partial charge >= 0.3 is 0 Å². The second kappa shape index (κ2) is 5.49. The Morgan fingerprint density at radius 3 is 3.05 bits per heavy atom. The van der Waals surface area contributed by atoms with Crippen LogP contribution in [0.4, 0.5) is 0 Å². The Bertz CT molecular complexity index is 708. The van der Waals surface area contributed by atoms with E-state index >= 15 is 0 Å². The molecule has 2 N–H and O–H groups in total. The van der Waals surface area contributed by atoms with Crippen LogP contribution < -0.4 is 5.56 Å². The summed E-state index contributed by atoms with van der Waals surface area (Å²) in [5.74, 6) is 0.285. The van der Waals surface area contributed by atoms with Crippen LogP contribution in [0.3, 0.4) is 0 Å². The number of rotatable bonds is 2. The summed E-state index contributed by atoms with van der Waals surface area (Å²) >= 11 is 0. The first-order valence-electron chi connectivity index (χ1n) is 6.59. The summed E-state index contributed by atoms with van der Waals surface area (Å²) in [6.07, 6.45) is 4.23. The molecule has 0 spiro atoms. The molecular weight excluding hydrogens is 274 g/mol. The quantitative estimate of drug-likeness (QED) is 0.810. The van der Waals surface area contributed by atoms with Gasteiger partial charge < -0.3 is 19.6 Å². The van der Waals surface area contributed by atoms with Gasteiger partial charge in [0.15, 0.2) is 0 Å². The van der Waals surface area contributed by atoms with E-state index in [2.05, 4.69) is 19.9 Å². The molecule has 8 nitrogen and oxygen atoms in total. The maximum Gasteiger partial charge on any atom is 0.263 e. The molecule has 1 saturated heterocycles. The predicted octanol–water partition coefficient (Wildman–Crippen LogP) is 0.0151. The molecule has 1 fully saturated rings. The maximum atomic E-state index is 12.6. The van der Waals surface area contributed by atoms with Crippen LogP contribution in [0.25, 0.3) is 0 Å². The summed E-state index contributed by atoms with van der Waals surface area (Å²) < 4.78 is 5.44. The molecule has 0 bridgehead atoms. The molecule has 8 heteroatoms. The molecule has 1 aliphatic rings. The number of aryl methyl sites for hydroxylation is 1. The smallest absolute Gasteiger partial charge is 0.263 e. The van der Waals surface area contributed by atoms with Crippen molar-refractivity contribution in [1.29, 1.82) is 0 Å². The van der Waals surface area contributed by atoms with E-state index in [9.17, 15) is 9.59 Å². The van der Waals surface area contributed by atoms with E-state index in [4.69, 9.17) is 4.74 Å². The van der Waals surface area contributed by atoms with Gasteiger partial charge in [-0.25, -0.2) is 9.97 Å². The van der Waals surface area contributed by atoms with E-state index in [0.717, 1.165) is 5.69 Å². The fourth-order valence-corrected chi connectivity index (χ4v) is 2.33. The lowest BCUT2D eigenvalue weighted by molar-refractivity contribution is -0.00513. The monoisotopic (exact) mass is 289 g/mol. The summed E-state index contributed by atoms with van der Waals surface area (Å²) in [5.41, 5.74) is 0.478. The van der Waals surface area contributed by atoms with Crippen LogP contribution in [0.15, 0.2) is 23.5 Å². The first-order valence-corrected chi connectivity index (χ1v) is 6.59. The molecule has 110 valence electrons. The zero-order valence-electron chi connectivity index (χ0n) is 11.5. The van der Waals surface area contributed by atoms with Crippen LogP contribution in [0, 0.1) is 6.92 Å². The van der Waals surface area contributed by atoms with Gasteiger partial charge in [-0.05, 0) is 6.92 Å². The number of carbonyl (C=O) groups is 1. The number of morpholine rings is 1. The summed E-state index contributed by atoms with van der Waals surface area (Å²) in [6.45, 7) is 3.06. The number of nitrogens with zero attached hydrogens (tertiary/aromatic N) is 3. The van der Waals surface area contributed by atoms with E-state index in [0.29, 0.717) is 25.6 Å². The molecule has 3 heterocycles. The highest BCUT2D eigenvalue weighted by atomic mass is 16.5. The van der Waals surface area contributed by atoms with E-state index in [-0.39, 0.29) is 17.5 Å². The summed E-state index contributed by atoms with van der Waals surface area (Å²) in [7, 11) is 0. The normalized spacial score (nSPS) is 18.7. The van der Waals surface area contributed by atoms with Crippen molar-refractivity contribution < 1.29 is 9.53 Å². The van der Waals surface area contributed by atoms with Crippen molar-refractivity contribution in [3.05, 3.63) is 46.2 Å². The van der Waals surface area contributed by atoms with Gasteiger partial charge in [-0.1, -0.05) is 0 Å². The molecule has 1 aliphatic heterocycles. The van der Waals surface area contributed by atoms with Gasteiger partial charge in [0.25, 0.3) is 11.5 Å². The van der Waals surface area contributed by atoms with E-state index in [1.807, 2.05) is 6.92 Å². The number of imidazole rings is 1. The molecule has 0 aromatic carbocycles. The van der Waals surface area contributed by atoms with Crippen molar-refractivity contribution in [3.8, 4) is 0 Å². The van der Waals surface area contributed by atoms with Crippen LogP contribution in [-0.2, 0) is 4.74 Å². The molecule has 1 atom stereocenters. The lowest BCUT2D eigenvalue weighted by Gasteiger charge is -2.34.